The Hall–Kier alpha value is -1.80. The van der Waals surface area contributed by atoms with Gasteiger partial charge < -0.3 is 10.3 Å². The van der Waals surface area contributed by atoms with Crippen LogP contribution < -0.4 is 16.0 Å². The van der Waals surface area contributed by atoms with Crippen molar-refractivity contribution in [3.8, 4) is 0 Å². The van der Waals surface area contributed by atoms with Gasteiger partial charge in [-0.1, -0.05) is 15.9 Å². The Morgan fingerprint density at radius 3 is 2.62 bits per heavy atom. The molecule has 21 heavy (non-hydrogen) atoms. The summed E-state index contributed by atoms with van der Waals surface area (Å²) in [7, 11) is -3.81. The predicted octanol–water partition coefficient (Wildman–Crippen LogP) is 2.01. The van der Waals surface area contributed by atoms with Gasteiger partial charge >= 0.3 is 0 Å². The molecule has 2 aromatic rings. The standard InChI is InChI=1S/C13H14BrN3O3S/c1-2-17-8-10(4-6-13(17)18)16-21(19,20)12-5-3-9(14)7-11(12)15/h3-8,16H,2,15H2,1H3. The lowest BCUT2D eigenvalue weighted by Gasteiger charge is -2.11. The van der Waals surface area contributed by atoms with Crippen molar-refractivity contribution in [2.24, 2.45) is 0 Å². The topological polar surface area (TPSA) is 94.2 Å². The van der Waals surface area contributed by atoms with Crippen molar-refractivity contribution < 1.29 is 8.42 Å². The first-order chi connectivity index (χ1) is 9.83. The fourth-order valence-electron chi connectivity index (χ4n) is 1.81. The summed E-state index contributed by atoms with van der Waals surface area (Å²) in [5, 5.41) is 0. The second-order valence-corrected chi connectivity index (χ2v) is 6.90. The van der Waals surface area contributed by atoms with Crippen molar-refractivity contribution in [3.05, 3.63) is 51.4 Å². The lowest BCUT2D eigenvalue weighted by molar-refractivity contribution is 0.601. The molecular formula is C13H14BrN3O3S. The number of nitrogen functional groups attached to an aromatic ring is 1. The first-order valence-electron chi connectivity index (χ1n) is 6.12. The summed E-state index contributed by atoms with van der Waals surface area (Å²) in [6.07, 6.45) is 1.45. The van der Waals surface area contributed by atoms with Gasteiger partial charge in [-0.25, -0.2) is 8.42 Å². The minimum Gasteiger partial charge on any atom is -0.398 e. The van der Waals surface area contributed by atoms with Crippen molar-refractivity contribution in [3.63, 3.8) is 0 Å². The number of anilines is 2. The second-order valence-electron chi connectivity index (χ2n) is 4.33. The van der Waals surface area contributed by atoms with Gasteiger partial charge in [-0.15, -0.1) is 0 Å². The van der Waals surface area contributed by atoms with Gasteiger partial charge in [0.25, 0.3) is 15.6 Å². The van der Waals surface area contributed by atoms with Crippen molar-refractivity contribution in [1.82, 2.24) is 4.57 Å². The molecule has 1 heterocycles. The van der Waals surface area contributed by atoms with E-state index in [0.29, 0.717) is 16.7 Å². The Bertz CT molecular complexity index is 831. The van der Waals surface area contributed by atoms with Gasteiger partial charge in [0.2, 0.25) is 0 Å². The van der Waals surface area contributed by atoms with E-state index in [0.717, 1.165) is 0 Å². The molecule has 0 radical (unpaired) electrons. The fourth-order valence-corrected chi connectivity index (χ4v) is 3.35. The van der Waals surface area contributed by atoms with Gasteiger partial charge in [-0.05, 0) is 31.2 Å². The zero-order chi connectivity index (χ0) is 15.6. The lowest BCUT2D eigenvalue weighted by Crippen LogP contribution is -2.20. The summed E-state index contributed by atoms with van der Waals surface area (Å²) in [6, 6.07) is 7.25. The molecule has 0 aliphatic carbocycles. The number of nitrogens with zero attached hydrogens (tertiary/aromatic N) is 1. The predicted molar refractivity (Wildman–Crippen MR) is 85.7 cm³/mol. The van der Waals surface area contributed by atoms with Crippen LogP contribution in [0.1, 0.15) is 6.92 Å². The molecule has 0 unspecified atom stereocenters. The quantitative estimate of drug-likeness (QED) is 0.803. The summed E-state index contributed by atoms with van der Waals surface area (Å²) in [4.78, 5) is 11.5. The number of rotatable bonds is 4. The molecule has 1 aromatic heterocycles. The Balaban J connectivity index is 2.39. The number of pyridine rings is 1. The Kier molecular flexibility index (Phi) is 4.38. The number of halogens is 1. The van der Waals surface area contributed by atoms with Crippen LogP contribution in [0, 0.1) is 0 Å². The fraction of sp³-hybridized carbons (Fsp3) is 0.154. The van der Waals surface area contributed by atoms with Crippen molar-refractivity contribution in [1.29, 1.82) is 0 Å². The minimum absolute atomic E-state index is 0.0139. The van der Waals surface area contributed by atoms with Gasteiger partial charge in [0.15, 0.2) is 0 Å². The number of aromatic nitrogens is 1. The lowest BCUT2D eigenvalue weighted by atomic mass is 10.3. The van der Waals surface area contributed by atoms with E-state index in [2.05, 4.69) is 20.7 Å². The maximum atomic E-state index is 12.3. The third-order valence-corrected chi connectivity index (χ3v) is 4.79. The highest BCUT2D eigenvalue weighted by molar-refractivity contribution is 9.10. The van der Waals surface area contributed by atoms with Crippen LogP contribution in [0.15, 0.2) is 50.7 Å². The normalized spacial score (nSPS) is 11.3. The molecule has 0 spiro atoms. The first-order valence-corrected chi connectivity index (χ1v) is 8.39. The van der Waals surface area contributed by atoms with E-state index in [9.17, 15) is 13.2 Å². The molecule has 112 valence electrons. The zero-order valence-electron chi connectivity index (χ0n) is 11.2. The highest BCUT2D eigenvalue weighted by Gasteiger charge is 2.18. The average Bonchev–Trinajstić information content (AvgIpc) is 2.40. The van der Waals surface area contributed by atoms with E-state index >= 15 is 0 Å². The van der Waals surface area contributed by atoms with Crippen LogP contribution in [-0.4, -0.2) is 13.0 Å². The third kappa shape index (κ3) is 3.45. The van der Waals surface area contributed by atoms with Crippen LogP contribution in [0.3, 0.4) is 0 Å². The van der Waals surface area contributed by atoms with Crippen molar-refractivity contribution in [2.75, 3.05) is 10.5 Å². The molecule has 1 aromatic carbocycles. The summed E-state index contributed by atoms with van der Waals surface area (Å²) in [6.45, 7) is 2.25. The first kappa shape index (κ1) is 15.6. The molecule has 0 aliphatic heterocycles. The minimum atomic E-state index is -3.81. The summed E-state index contributed by atoms with van der Waals surface area (Å²) < 4.78 is 29.2. The van der Waals surface area contributed by atoms with E-state index in [4.69, 9.17) is 5.73 Å². The van der Waals surface area contributed by atoms with Crippen LogP contribution in [0.2, 0.25) is 0 Å². The van der Waals surface area contributed by atoms with E-state index in [1.54, 1.807) is 13.0 Å². The van der Waals surface area contributed by atoms with E-state index in [1.165, 1.54) is 35.0 Å². The molecule has 8 heteroatoms. The highest BCUT2D eigenvalue weighted by atomic mass is 79.9. The van der Waals surface area contributed by atoms with Crippen LogP contribution >= 0.6 is 15.9 Å². The van der Waals surface area contributed by atoms with Gasteiger partial charge in [0.05, 0.1) is 11.4 Å². The highest BCUT2D eigenvalue weighted by Crippen LogP contribution is 2.24. The smallest absolute Gasteiger partial charge is 0.263 e. The van der Waals surface area contributed by atoms with E-state index in [1.807, 2.05) is 0 Å². The molecule has 2 rings (SSSR count). The summed E-state index contributed by atoms with van der Waals surface area (Å²) in [5.41, 5.74) is 5.99. The van der Waals surface area contributed by atoms with Gasteiger partial charge in [-0.2, -0.15) is 0 Å². The van der Waals surface area contributed by atoms with Gasteiger partial charge in [0, 0.05) is 23.3 Å². The molecule has 0 amide bonds. The van der Waals surface area contributed by atoms with E-state index < -0.39 is 10.0 Å². The van der Waals surface area contributed by atoms with Crippen molar-refractivity contribution in [2.45, 2.75) is 18.4 Å². The third-order valence-electron chi connectivity index (χ3n) is 2.84. The van der Waals surface area contributed by atoms with Crippen LogP contribution in [0.4, 0.5) is 11.4 Å². The molecule has 0 bridgehead atoms. The molecule has 0 aliphatic rings. The molecule has 6 nitrogen and oxygen atoms in total. The maximum Gasteiger partial charge on any atom is 0.263 e. The monoisotopic (exact) mass is 371 g/mol. The number of aryl methyl sites for hydroxylation is 1. The Morgan fingerprint density at radius 1 is 1.29 bits per heavy atom. The number of sulfonamides is 1. The zero-order valence-corrected chi connectivity index (χ0v) is 13.6. The molecule has 3 N–H and O–H groups in total. The second kappa shape index (κ2) is 5.90. The van der Waals surface area contributed by atoms with E-state index in [-0.39, 0.29) is 16.1 Å². The number of nitrogens with two attached hydrogens (primary N) is 1. The van der Waals surface area contributed by atoms with Crippen molar-refractivity contribution >= 4 is 37.3 Å². The largest absolute Gasteiger partial charge is 0.398 e. The average molecular weight is 372 g/mol. The van der Waals surface area contributed by atoms with Gasteiger partial charge in [0.1, 0.15) is 4.90 Å². The summed E-state index contributed by atoms with van der Waals surface area (Å²) in [5.74, 6) is 0. The van der Waals surface area contributed by atoms with Crippen LogP contribution in [0.25, 0.3) is 0 Å². The molecular weight excluding hydrogens is 358 g/mol. The molecule has 0 atom stereocenters. The molecule has 0 fully saturated rings. The number of nitrogens with one attached hydrogen (secondary N) is 1. The Labute approximate surface area is 130 Å². The Morgan fingerprint density at radius 2 is 2.00 bits per heavy atom. The molecule has 0 saturated heterocycles. The number of hydrogen-bond donors (Lipinski definition) is 2. The maximum absolute atomic E-state index is 12.3. The number of benzene rings is 1. The summed E-state index contributed by atoms with van der Waals surface area (Å²) >= 11 is 3.22. The van der Waals surface area contributed by atoms with Gasteiger partial charge in [-0.3, -0.25) is 9.52 Å². The van der Waals surface area contributed by atoms with Crippen LogP contribution in [0.5, 0.6) is 0 Å². The molecule has 0 saturated carbocycles. The SMILES string of the molecule is CCn1cc(NS(=O)(=O)c2ccc(Br)cc2N)ccc1=O. The van der Waals surface area contributed by atoms with Crippen LogP contribution in [-0.2, 0) is 16.6 Å². The number of hydrogen-bond acceptors (Lipinski definition) is 4.